The molecule has 1 saturated heterocycles. The molecule has 0 radical (unpaired) electrons. The van der Waals surface area contributed by atoms with Crippen LogP contribution in [0.4, 0.5) is 10.5 Å². The Labute approximate surface area is 127 Å². The van der Waals surface area contributed by atoms with E-state index in [9.17, 15) is 9.90 Å². The van der Waals surface area contributed by atoms with Gasteiger partial charge in [-0.1, -0.05) is 23.2 Å². The van der Waals surface area contributed by atoms with Crippen molar-refractivity contribution in [1.29, 1.82) is 0 Å². The molecule has 1 aromatic carbocycles. The fourth-order valence-electron chi connectivity index (χ4n) is 3.39. The molecule has 0 aromatic heterocycles. The third-order valence-corrected chi connectivity index (χ3v) is 5.18. The van der Waals surface area contributed by atoms with E-state index in [2.05, 4.69) is 5.32 Å². The minimum Gasteiger partial charge on any atom is -0.530 e. The van der Waals surface area contributed by atoms with Gasteiger partial charge in [0, 0.05) is 18.3 Å². The van der Waals surface area contributed by atoms with Crippen LogP contribution in [0.5, 0.6) is 0 Å². The number of benzene rings is 1. The number of nitrogens with zero attached hydrogens (tertiary/aromatic N) is 1. The van der Waals surface area contributed by atoms with E-state index in [0.29, 0.717) is 40.2 Å². The Morgan fingerprint density at radius 2 is 2.15 bits per heavy atom. The quantitative estimate of drug-likeness (QED) is 0.930. The Hall–Kier alpha value is -0.970. The SMILES string of the molecule is O=C([O-])N(CC1C2CCC1NC2)c1ccc(Cl)c(Cl)c1. The lowest BCUT2D eigenvalue weighted by Gasteiger charge is -2.30. The highest BCUT2D eigenvalue weighted by Crippen LogP contribution is 2.38. The normalized spacial score (nSPS) is 27.8. The lowest BCUT2D eigenvalue weighted by atomic mass is 9.97. The third kappa shape index (κ3) is 2.48. The summed E-state index contributed by atoms with van der Waals surface area (Å²) in [6, 6.07) is 5.26. The average molecular weight is 314 g/mol. The summed E-state index contributed by atoms with van der Waals surface area (Å²) in [5, 5.41) is 15.6. The van der Waals surface area contributed by atoms with Gasteiger partial charge in [0.15, 0.2) is 0 Å². The largest absolute Gasteiger partial charge is 0.530 e. The van der Waals surface area contributed by atoms with E-state index in [1.165, 1.54) is 11.3 Å². The maximum absolute atomic E-state index is 11.4. The standard InChI is InChI=1S/C14H16Cl2N2O2/c15-11-3-2-9(5-12(11)16)18(14(19)20)7-10-8-1-4-13(10)17-6-8/h2-3,5,8,10,13,17H,1,4,6-7H2,(H,19,20)/p-1. The van der Waals surface area contributed by atoms with Crippen molar-refractivity contribution in [2.45, 2.75) is 18.9 Å². The first-order valence-electron chi connectivity index (χ1n) is 6.73. The highest BCUT2D eigenvalue weighted by Gasteiger charge is 2.42. The molecular formula is C14H15Cl2N2O2-. The summed E-state index contributed by atoms with van der Waals surface area (Å²) in [5.74, 6) is 0.909. The van der Waals surface area contributed by atoms with Crippen LogP contribution in [0.2, 0.25) is 10.0 Å². The van der Waals surface area contributed by atoms with Crippen LogP contribution in [0.3, 0.4) is 0 Å². The van der Waals surface area contributed by atoms with Crippen LogP contribution in [0, 0.1) is 11.8 Å². The van der Waals surface area contributed by atoms with Crippen LogP contribution in [-0.4, -0.2) is 25.2 Å². The molecule has 2 fully saturated rings. The van der Waals surface area contributed by atoms with Gasteiger partial charge in [0.1, 0.15) is 6.09 Å². The number of piperidine rings is 1. The number of anilines is 1. The zero-order valence-corrected chi connectivity index (χ0v) is 12.3. The highest BCUT2D eigenvalue weighted by atomic mass is 35.5. The molecule has 108 valence electrons. The molecule has 1 aliphatic carbocycles. The van der Waals surface area contributed by atoms with Crippen molar-refractivity contribution in [3.8, 4) is 0 Å². The number of fused-ring (bicyclic) bond motifs is 2. The number of hydrogen-bond donors (Lipinski definition) is 1. The topological polar surface area (TPSA) is 55.4 Å². The summed E-state index contributed by atoms with van der Waals surface area (Å²) < 4.78 is 0. The van der Waals surface area contributed by atoms with E-state index in [0.717, 1.165) is 13.0 Å². The lowest BCUT2D eigenvalue weighted by molar-refractivity contribution is -0.246. The van der Waals surface area contributed by atoms with Gasteiger partial charge in [-0.05, 0) is 49.4 Å². The van der Waals surface area contributed by atoms with Crippen molar-refractivity contribution in [1.82, 2.24) is 5.32 Å². The van der Waals surface area contributed by atoms with Gasteiger partial charge in [0.2, 0.25) is 0 Å². The maximum atomic E-state index is 11.4. The fraction of sp³-hybridized carbons (Fsp3) is 0.500. The van der Waals surface area contributed by atoms with Gasteiger partial charge in [0.25, 0.3) is 0 Å². The number of carboxylic acid groups (broad SMARTS) is 1. The van der Waals surface area contributed by atoms with E-state index in [1.54, 1.807) is 18.2 Å². The van der Waals surface area contributed by atoms with Gasteiger partial charge < -0.3 is 20.1 Å². The molecule has 2 bridgehead atoms. The Morgan fingerprint density at radius 3 is 2.65 bits per heavy atom. The summed E-state index contributed by atoms with van der Waals surface area (Å²) in [6.45, 7) is 1.43. The van der Waals surface area contributed by atoms with E-state index >= 15 is 0 Å². The number of carbonyl (C=O) groups excluding carboxylic acids is 1. The minimum atomic E-state index is -1.20. The molecule has 1 aromatic rings. The Balaban J connectivity index is 1.82. The Morgan fingerprint density at radius 1 is 1.35 bits per heavy atom. The van der Waals surface area contributed by atoms with Gasteiger partial charge in [-0.3, -0.25) is 0 Å². The first kappa shape index (κ1) is 14.0. The molecule has 1 heterocycles. The van der Waals surface area contributed by atoms with Gasteiger partial charge >= 0.3 is 0 Å². The van der Waals surface area contributed by atoms with E-state index < -0.39 is 6.09 Å². The zero-order chi connectivity index (χ0) is 14.3. The van der Waals surface area contributed by atoms with Crippen LogP contribution in [0.15, 0.2) is 18.2 Å². The molecule has 0 spiro atoms. The first-order valence-corrected chi connectivity index (χ1v) is 7.49. The molecular weight excluding hydrogens is 299 g/mol. The molecule has 3 rings (SSSR count). The fourth-order valence-corrected chi connectivity index (χ4v) is 3.68. The van der Waals surface area contributed by atoms with Crippen LogP contribution in [0.25, 0.3) is 0 Å². The van der Waals surface area contributed by atoms with E-state index in [4.69, 9.17) is 23.2 Å². The third-order valence-electron chi connectivity index (χ3n) is 4.44. The second kappa shape index (κ2) is 5.43. The van der Waals surface area contributed by atoms with E-state index in [1.807, 2.05) is 0 Å². The number of rotatable bonds is 3. The van der Waals surface area contributed by atoms with Crippen molar-refractivity contribution < 1.29 is 9.90 Å². The average Bonchev–Trinajstić information content (AvgIpc) is 2.98. The number of hydrogen-bond acceptors (Lipinski definition) is 3. The summed E-state index contributed by atoms with van der Waals surface area (Å²) in [4.78, 5) is 12.7. The molecule has 6 heteroatoms. The summed E-state index contributed by atoms with van der Waals surface area (Å²) in [6.07, 6.45) is 1.09. The molecule has 3 unspecified atom stereocenters. The predicted octanol–water partition coefficient (Wildman–Crippen LogP) is 2.14. The smallest absolute Gasteiger partial charge is 0.141 e. The van der Waals surface area contributed by atoms with Crippen LogP contribution < -0.4 is 15.3 Å². The van der Waals surface area contributed by atoms with Crippen molar-refractivity contribution in [3.63, 3.8) is 0 Å². The van der Waals surface area contributed by atoms with Crippen molar-refractivity contribution in [2.75, 3.05) is 18.0 Å². The lowest BCUT2D eigenvalue weighted by Crippen LogP contribution is -2.45. The number of halogens is 2. The first-order chi connectivity index (χ1) is 9.56. The van der Waals surface area contributed by atoms with Crippen molar-refractivity contribution >= 4 is 35.0 Å². The Kier molecular flexibility index (Phi) is 3.80. The second-order valence-electron chi connectivity index (χ2n) is 5.49. The number of amides is 1. The minimum absolute atomic E-state index is 0.349. The van der Waals surface area contributed by atoms with Crippen LogP contribution in [0.1, 0.15) is 12.8 Å². The second-order valence-corrected chi connectivity index (χ2v) is 6.31. The van der Waals surface area contributed by atoms with Gasteiger partial charge in [-0.15, -0.1) is 0 Å². The zero-order valence-electron chi connectivity index (χ0n) is 10.8. The maximum Gasteiger partial charge on any atom is 0.141 e. The summed E-state index contributed by atoms with van der Waals surface area (Å²) in [7, 11) is 0. The molecule has 4 nitrogen and oxygen atoms in total. The monoisotopic (exact) mass is 313 g/mol. The molecule has 1 N–H and O–H groups in total. The van der Waals surface area contributed by atoms with Crippen LogP contribution in [-0.2, 0) is 0 Å². The molecule has 20 heavy (non-hydrogen) atoms. The van der Waals surface area contributed by atoms with Crippen LogP contribution >= 0.6 is 23.2 Å². The number of carbonyl (C=O) groups is 1. The van der Waals surface area contributed by atoms with Crippen molar-refractivity contribution in [3.05, 3.63) is 28.2 Å². The summed E-state index contributed by atoms with van der Waals surface area (Å²) in [5.41, 5.74) is 0.519. The van der Waals surface area contributed by atoms with E-state index in [-0.39, 0.29) is 0 Å². The molecule has 2 aliphatic rings. The molecule has 1 amide bonds. The molecule has 1 saturated carbocycles. The van der Waals surface area contributed by atoms with Gasteiger partial charge in [0.05, 0.1) is 10.0 Å². The summed E-state index contributed by atoms with van der Waals surface area (Å²) >= 11 is 11.8. The number of nitrogens with one attached hydrogen (secondary N) is 1. The highest BCUT2D eigenvalue weighted by molar-refractivity contribution is 6.42. The Bertz CT molecular complexity index is 518. The molecule has 1 aliphatic heterocycles. The molecule has 3 atom stereocenters. The van der Waals surface area contributed by atoms with Crippen molar-refractivity contribution in [2.24, 2.45) is 11.8 Å². The van der Waals surface area contributed by atoms with Gasteiger partial charge in [-0.2, -0.15) is 0 Å². The van der Waals surface area contributed by atoms with Gasteiger partial charge in [-0.25, -0.2) is 0 Å². The predicted molar refractivity (Wildman–Crippen MR) is 77.2 cm³/mol.